The first kappa shape index (κ1) is 20.5. The number of aliphatic hydroxyl groups excluding tert-OH is 1. The van der Waals surface area contributed by atoms with Gasteiger partial charge in [0.2, 0.25) is 10.0 Å². The van der Waals surface area contributed by atoms with E-state index in [2.05, 4.69) is 4.98 Å². The van der Waals surface area contributed by atoms with Crippen molar-refractivity contribution < 1.29 is 36.3 Å². The second kappa shape index (κ2) is 7.84. The molecule has 1 atom stereocenters. The fourth-order valence-electron chi connectivity index (χ4n) is 2.10. The van der Waals surface area contributed by atoms with Crippen LogP contribution in [0.3, 0.4) is 0 Å². The molecular formula is C16H13F3N2O5S. The maximum absolute atomic E-state index is 12.6. The number of nitrogens with zero attached hydrogens (tertiary/aromatic N) is 1. The fraction of sp³-hybridized carbons (Fsp3) is 0.188. The van der Waals surface area contributed by atoms with Crippen LogP contribution in [0.5, 0.6) is 0 Å². The number of halogens is 3. The van der Waals surface area contributed by atoms with Gasteiger partial charge in [-0.15, -0.1) is 0 Å². The van der Waals surface area contributed by atoms with Gasteiger partial charge in [0.1, 0.15) is 6.29 Å². The van der Waals surface area contributed by atoms with E-state index >= 15 is 0 Å². The summed E-state index contributed by atoms with van der Waals surface area (Å²) >= 11 is 0. The minimum Gasteiger partial charge on any atom is -0.390 e. The van der Waals surface area contributed by atoms with Gasteiger partial charge >= 0.3 is 6.18 Å². The molecule has 144 valence electrons. The van der Waals surface area contributed by atoms with Gasteiger partial charge in [0, 0.05) is 6.20 Å². The highest BCUT2D eigenvalue weighted by Gasteiger charge is 2.32. The molecule has 7 nitrogen and oxygen atoms in total. The lowest BCUT2D eigenvalue weighted by molar-refractivity contribution is -0.137. The van der Waals surface area contributed by atoms with E-state index in [1.807, 2.05) is 0 Å². The fourth-order valence-corrected chi connectivity index (χ4v) is 3.26. The van der Waals surface area contributed by atoms with E-state index in [0.717, 1.165) is 18.3 Å². The predicted molar refractivity (Wildman–Crippen MR) is 86.8 cm³/mol. The molecule has 0 aliphatic heterocycles. The number of aromatic nitrogens is 1. The third-order valence-corrected chi connectivity index (χ3v) is 5.03. The number of nitrogens with one attached hydrogen (secondary N) is 1. The van der Waals surface area contributed by atoms with E-state index in [9.17, 15) is 31.2 Å². The maximum atomic E-state index is 12.6. The van der Waals surface area contributed by atoms with Gasteiger partial charge < -0.3 is 9.90 Å². The molecule has 0 bridgehead atoms. The number of sulfonamides is 1. The molecule has 1 aromatic heterocycles. The molecule has 1 aromatic carbocycles. The van der Waals surface area contributed by atoms with E-state index in [0.29, 0.717) is 12.1 Å². The van der Waals surface area contributed by atoms with Crippen molar-refractivity contribution >= 4 is 22.2 Å². The Kier molecular flexibility index (Phi) is 5.96. The smallest absolute Gasteiger partial charge is 0.390 e. The Morgan fingerprint density at radius 3 is 2.26 bits per heavy atom. The van der Waals surface area contributed by atoms with E-state index < -0.39 is 32.9 Å². The molecule has 1 amide bonds. The molecule has 27 heavy (non-hydrogen) atoms. The molecule has 0 fully saturated rings. The van der Waals surface area contributed by atoms with Crippen molar-refractivity contribution in [3.63, 3.8) is 0 Å². The van der Waals surface area contributed by atoms with Gasteiger partial charge in [0.05, 0.1) is 23.4 Å². The van der Waals surface area contributed by atoms with Crippen LogP contribution in [-0.4, -0.2) is 30.7 Å². The zero-order chi connectivity index (χ0) is 20.2. The minimum atomic E-state index is -4.62. The minimum absolute atomic E-state index is 0.00528. The van der Waals surface area contributed by atoms with E-state index in [1.54, 1.807) is 4.72 Å². The molecular weight excluding hydrogens is 389 g/mol. The highest BCUT2D eigenvalue weighted by Crippen LogP contribution is 2.30. The second-order valence-electron chi connectivity index (χ2n) is 5.35. The average molecular weight is 402 g/mol. The Labute approximate surface area is 151 Å². The topological polar surface area (TPSA) is 113 Å². The van der Waals surface area contributed by atoms with Crippen molar-refractivity contribution in [2.75, 3.05) is 0 Å². The van der Waals surface area contributed by atoms with Crippen LogP contribution in [0, 0.1) is 0 Å². The number of amides is 1. The first-order chi connectivity index (χ1) is 12.6. The van der Waals surface area contributed by atoms with Crippen LogP contribution in [0.1, 0.15) is 32.4 Å². The van der Waals surface area contributed by atoms with Gasteiger partial charge in [-0.1, -0.05) is 12.1 Å². The van der Waals surface area contributed by atoms with Crippen LogP contribution in [0.2, 0.25) is 0 Å². The Bertz CT molecular complexity index is 926. The van der Waals surface area contributed by atoms with Crippen molar-refractivity contribution in [2.45, 2.75) is 18.0 Å². The third kappa shape index (κ3) is 4.89. The van der Waals surface area contributed by atoms with Crippen LogP contribution >= 0.6 is 0 Å². The Balaban J connectivity index is 2.24. The van der Waals surface area contributed by atoms with Crippen LogP contribution < -0.4 is 4.72 Å². The summed E-state index contributed by atoms with van der Waals surface area (Å²) in [6.45, 7) is -0.374. The maximum Gasteiger partial charge on any atom is 0.416 e. The number of aldehydes is 1. The summed E-state index contributed by atoms with van der Waals surface area (Å²) < 4.78 is 64.0. The summed E-state index contributed by atoms with van der Waals surface area (Å²) in [5, 5.41) is 7.00. The largest absolute Gasteiger partial charge is 0.416 e. The number of carbonyl (C=O) groups is 2. The van der Waals surface area contributed by atoms with Crippen LogP contribution in [0.25, 0.3) is 0 Å². The standard InChI is InChI=1S/C16H13F3N2O5S/c17-16(18,19)12-4-1-10(2-5-12)14(9-23)27(25,26)21-15(24)11-3-6-13(8-22)20-7-11/h1-7,9,14,22H,8H2,(H,21,24). The molecule has 0 spiro atoms. The summed E-state index contributed by atoms with van der Waals surface area (Å²) in [4.78, 5) is 27.0. The molecule has 1 heterocycles. The molecule has 0 radical (unpaired) electrons. The molecule has 2 aromatic rings. The van der Waals surface area contributed by atoms with E-state index in [-0.39, 0.29) is 29.7 Å². The predicted octanol–water partition coefficient (Wildman–Crippen LogP) is 1.59. The summed E-state index contributed by atoms with van der Waals surface area (Å²) in [6, 6.07) is 5.50. The molecule has 11 heteroatoms. The molecule has 0 saturated heterocycles. The van der Waals surface area contributed by atoms with Crippen molar-refractivity contribution in [1.29, 1.82) is 0 Å². The van der Waals surface area contributed by atoms with Crippen molar-refractivity contribution in [2.24, 2.45) is 0 Å². The Morgan fingerprint density at radius 1 is 1.19 bits per heavy atom. The lowest BCUT2D eigenvalue weighted by Gasteiger charge is -2.14. The Hall–Kier alpha value is -2.79. The quantitative estimate of drug-likeness (QED) is 0.710. The van der Waals surface area contributed by atoms with Crippen molar-refractivity contribution in [3.05, 3.63) is 65.0 Å². The number of hydrogen-bond donors (Lipinski definition) is 2. The third-order valence-electron chi connectivity index (χ3n) is 3.51. The van der Waals surface area contributed by atoms with Crippen molar-refractivity contribution in [3.8, 4) is 0 Å². The van der Waals surface area contributed by atoms with Crippen molar-refractivity contribution in [1.82, 2.24) is 9.71 Å². The van der Waals surface area contributed by atoms with E-state index in [4.69, 9.17) is 5.11 Å². The molecule has 2 rings (SSSR count). The van der Waals surface area contributed by atoms with Gasteiger partial charge in [0.15, 0.2) is 5.25 Å². The lowest BCUT2D eigenvalue weighted by Crippen LogP contribution is -2.35. The first-order valence-corrected chi connectivity index (χ1v) is 8.87. The number of benzene rings is 1. The average Bonchev–Trinajstić information content (AvgIpc) is 2.61. The van der Waals surface area contributed by atoms with Gasteiger partial charge in [-0.3, -0.25) is 9.78 Å². The molecule has 0 aliphatic carbocycles. The number of rotatable bonds is 6. The first-order valence-electron chi connectivity index (χ1n) is 7.32. The van der Waals surface area contributed by atoms with Gasteiger partial charge in [-0.25, -0.2) is 13.1 Å². The van der Waals surface area contributed by atoms with Crippen LogP contribution in [0.4, 0.5) is 13.2 Å². The lowest BCUT2D eigenvalue weighted by atomic mass is 10.1. The summed E-state index contributed by atoms with van der Waals surface area (Å²) in [5.74, 6) is -1.08. The summed E-state index contributed by atoms with van der Waals surface area (Å²) in [7, 11) is -4.56. The number of aliphatic hydroxyl groups is 1. The summed E-state index contributed by atoms with van der Waals surface area (Å²) in [5.41, 5.74) is -1.13. The highest BCUT2D eigenvalue weighted by atomic mass is 32.2. The number of carbonyl (C=O) groups excluding carboxylic acids is 2. The number of alkyl halides is 3. The normalized spacial score (nSPS) is 13.0. The second-order valence-corrected chi connectivity index (χ2v) is 7.15. The molecule has 2 N–H and O–H groups in total. The monoisotopic (exact) mass is 402 g/mol. The molecule has 0 aliphatic rings. The highest BCUT2D eigenvalue weighted by molar-refractivity contribution is 7.91. The van der Waals surface area contributed by atoms with Gasteiger partial charge in [0.25, 0.3) is 5.91 Å². The van der Waals surface area contributed by atoms with Gasteiger partial charge in [-0.2, -0.15) is 13.2 Å². The molecule has 0 saturated carbocycles. The van der Waals surface area contributed by atoms with Gasteiger partial charge in [-0.05, 0) is 29.8 Å². The zero-order valence-corrected chi connectivity index (χ0v) is 14.3. The van der Waals surface area contributed by atoms with Crippen LogP contribution in [0.15, 0.2) is 42.6 Å². The summed E-state index contributed by atoms with van der Waals surface area (Å²) in [6.07, 6.45) is -3.58. The van der Waals surface area contributed by atoms with Crippen LogP contribution in [-0.2, 0) is 27.6 Å². The molecule has 1 unspecified atom stereocenters. The Morgan fingerprint density at radius 2 is 1.81 bits per heavy atom. The number of hydrogen-bond acceptors (Lipinski definition) is 6. The van der Waals surface area contributed by atoms with E-state index in [1.165, 1.54) is 12.1 Å². The SMILES string of the molecule is O=CC(c1ccc(C(F)(F)F)cc1)S(=O)(=O)NC(=O)c1ccc(CO)nc1. The number of pyridine rings is 1. The zero-order valence-electron chi connectivity index (χ0n) is 13.5.